The Labute approximate surface area is 106 Å². The van der Waals surface area contributed by atoms with Gasteiger partial charge in [0.2, 0.25) is 5.90 Å². The summed E-state index contributed by atoms with van der Waals surface area (Å²) in [6.07, 6.45) is 2.20. The van der Waals surface area contributed by atoms with Gasteiger partial charge in [0.15, 0.2) is 0 Å². The smallest absolute Gasteiger partial charge is 0.216 e. The number of aliphatic hydroxyl groups is 1. The van der Waals surface area contributed by atoms with Gasteiger partial charge in [-0.3, -0.25) is 0 Å². The van der Waals surface area contributed by atoms with Crippen molar-refractivity contribution in [3.63, 3.8) is 0 Å². The number of aliphatic hydroxyl groups excluding tert-OH is 1. The quantitative estimate of drug-likeness (QED) is 0.866. The molecular weight excluding hydrogens is 230 g/mol. The second-order valence-corrected chi connectivity index (χ2v) is 4.86. The molecule has 0 amide bonds. The van der Waals surface area contributed by atoms with Crippen molar-refractivity contribution in [1.29, 1.82) is 0 Å². The molecule has 1 aromatic carbocycles. The molecule has 18 heavy (non-hydrogen) atoms. The van der Waals surface area contributed by atoms with Crippen LogP contribution in [0.1, 0.15) is 24.8 Å². The maximum absolute atomic E-state index is 9.64. The van der Waals surface area contributed by atoms with Gasteiger partial charge in [0.05, 0.1) is 19.3 Å². The standard InChI is InChI=1S/C14H17NO3/c1-17-11-4-2-3-9(7-11)14-15-12-6-5-10(16)8-13(12)18-14/h2-4,7,10,12-13,16H,5-6,8H2,1H3. The van der Waals surface area contributed by atoms with Gasteiger partial charge in [-0.25, -0.2) is 4.99 Å². The lowest BCUT2D eigenvalue weighted by molar-refractivity contribution is 0.0507. The van der Waals surface area contributed by atoms with Gasteiger partial charge < -0.3 is 14.6 Å². The van der Waals surface area contributed by atoms with E-state index in [4.69, 9.17) is 9.47 Å². The molecule has 0 bridgehead atoms. The molecular formula is C14H17NO3. The van der Waals surface area contributed by atoms with Crippen LogP contribution in [-0.4, -0.2) is 36.4 Å². The first-order valence-corrected chi connectivity index (χ1v) is 6.33. The van der Waals surface area contributed by atoms with Gasteiger partial charge >= 0.3 is 0 Å². The number of benzene rings is 1. The second kappa shape index (κ2) is 4.61. The van der Waals surface area contributed by atoms with Crippen LogP contribution in [0.3, 0.4) is 0 Å². The molecule has 1 aliphatic heterocycles. The Balaban J connectivity index is 1.81. The number of fused-ring (bicyclic) bond motifs is 1. The van der Waals surface area contributed by atoms with Crippen molar-refractivity contribution in [2.75, 3.05) is 7.11 Å². The van der Waals surface area contributed by atoms with E-state index in [1.807, 2.05) is 24.3 Å². The Kier molecular flexibility index (Phi) is 2.96. The average Bonchev–Trinajstić information content (AvgIpc) is 2.81. The van der Waals surface area contributed by atoms with E-state index in [0.29, 0.717) is 12.3 Å². The molecule has 0 aromatic heterocycles. The van der Waals surface area contributed by atoms with Gasteiger partial charge in [-0.2, -0.15) is 0 Å². The van der Waals surface area contributed by atoms with E-state index in [9.17, 15) is 5.11 Å². The summed E-state index contributed by atoms with van der Waals surface area (Å²) in [5.41, 5.74) is 0.943. The Hall–Kier alpha value is -1.55. The Morgan fingerprint density at radius 2 is 2.28 bits per heavy atom. The highest BCUT2D eigenvalue weighted by molar-refractivity contribution is 5.95. The molecule has 0 saturated heterocycles. The summed E-state index contributed by atoms with van der Waals surface area (Å²) < 4.78 is 11.1. The summed E-state index contributed by atoms with van der Waals surface area (Å²) in [5, 5.41) is 9.64. The number of hydrogen-bond donors (Lipinski definition) is 1. The molecule has 1 heterocycles. The third-order valence-electron chi connectivity index (χ3n) is 3.59. The first-order valence-electron chi connectivity index (χ1n) is 6.33. The topological polar surface area (TPSA) is 51.0 Å². The highest BCUT2D eigenvalue weighted by Gasteiger charge is 2.36. The fourth-order valence-electron chi connectivity index (χ4n) is 2.59. The van der Waals surface area contributed by atoms with E-state index in [1.165, 1.54) is 0 Å². The van der Waals surface area contributed by atoms with Crippen molar-refractivity contribution < 1.29 is 14.6 Å². The monoisotopic (exact) mass is 247 g/mol. The molecule has 1 fully saturated rings. The van der Waals surface area contributed by atoms with Crippen LogP contribution < -0.4 is 4.74 Å². The lowest BCUT2D eigenvalue weighted by Gasteiger charge is -2.26. The SMILES string of the molecule is COc1cccc(C2=NC3CCC(O)CC3O2)c1. The minimum absolute atomic E-state index is 0.0370. The zero-order chi connectivity index (χ0) is 12.5. The number of ether oxygens (including phenoxy) is 2. The van der Waals surface area contributed by atoms with Gasteiger partial charge in [-0.15, -0.1) is 0 Å². The van der Waals surface area contributed by atoms with Crippen LogP contribution in [-0.2, 0) is 4.74 Å². The summed E-state index contributed by atoms with van der Waals surface area (Å²) in [7, 11) is 1.65. The predicted octanol–water partition coefficient (Wildman–Crippen LogP) is 1.75. The average molecular weight is 247 g/mol. The zero-order valence-corrected chi connectivity index (χ0v) is 10.4. The van der Waals surface area contributed by atoms with Gasteiger partial charge in [-0.1, -0.05) is 6.07 Å². The Morgan fingerprint density at radius 1 is 1.39 bits per heavy atom. The number of nitrogens with zero attached hydrogens (tertiary/aromatic N) is 1. The largest absolute Gasteiger partial charge is 0.497 e. The molecule has 2 aliphatic rings. The summed E-state index contributed by atoms with van der Waals surface area (Å²) in [6.45, 7) is 0. The Morgan fingerprint density at radius 3 is 3.11 bits per heavy atom. The van der Waals surface area contributed by atoms with Crippen LogP contribution in [0, 0.1) is 0 Å². The van der Waals surface area contributed by atoms with Gasteiger partial charge in [0.25, 0.3) is 0 Å². The van der Waals surface area contributed by atoms with Crippen LogP contribution in [0.5, 0.6) is 5.75 Å². The number of methoxy groups -OCH3 is 1. The maximum Gasteiger partial charge on any atom is 0.216 e. The summed E-state index contributed by atoms with van der Waals surface area (Å²) >= 11 is 0. The number of aliphatic imine (C=N–C) groups is 1. The van der Waals surface area contributed by atoms with Crippen LogP contribution in [0.2, 0.25) is 0 Å². The van der Waals surface area contributed by atoms with Crippen molar-refractivity contribution in [3.8, 4) is 5.75 Å². The molecule has 1 aromatic rings. The molecule has 4 nitrogen and oxygen atoms in total. The lowest BCUT2D eigenvalue weighted by Crippen LogP contribution is -2.33. The van der Waals surface area contributed by atoms with Crippen molar-refractivity contribution in [2.24, 2.45) is 4.99 Å². The molecule has 96 valence electrons. The number of hydrogen-bond acceptors (Lipinski definition) is 4. The van der Waals surface area contributed by atoms with Crippen molar-refractivity contribution in [3.05, 3.63) is 29.8 Å². The minimum atomic E-state index is -0.244. The maximum atomic E-state index is 9.64. The number of rotatable bonds is 2. The third kappa shape index (κ3) is 2.08. The molecule has 0 radical (unpaired) electrons. The van der Waals surface area contributed by atoms with E-state index >= 15 is 0 Å². The highest BCUT2D eigenvalue weighted by Crippen LogP contribution is 2.30. The van der Waals surface area contributed by atoms with E-state index in [2.05, 4.69) is 4.99 Å². The molecule has 3 atom stereocenters. The van der Waals surface area contributed by atoms with Crippen LogP contribution in [0.15, 0.2) is 29.3 Å². The first kappa shape index (κ1) is 11.5. The van der Waals surface area contributed by atoms with Crippen molar-refractivity contribution in [1.82, 2.24) is 0 Å². The van der Waals surface area contributed by atoms with E-state index < -0.39 is 0 Å². The van der Waals surface area contributed by atoms with Crippen molar-refractivity contribution in [2.45, 2.75) is 37.5 Å². The van der Waals surface area contributed by atoms with Gasteiger partial charge in [0.1, 0.15) is 11.9 Å². The summed E-state index contributed by atoms with van der Waals surface area (Å²) in [6, 6.07) is 7.92. The molecule has 3 unspecified atom stereocenters. The fraction of sp³-hybridized carbons (Fsp3) is 0.500. The van der Waals surface area contributed by atoms with Crippen LogP contribution in [0.4, 0.5) is 0 Å². The summed E-state index contributed by atoms with van der Waals surface area (Å²) in [4.78, 5) is 4.62. The zero-order valence-electron chi connectivity index (χ0n) is 10.4. The first-order chi connectivity index (χ1) is 8.76. The third-order valence-corrected chi connectivity index (χ3v) is 3.59. The van der Waals surface area contributed by atoms with Gasteiger partial charge in [0, 0.05) is 12.0 Å². The van der Waals surface area contributed by atoms with E-state index in [0.717, 1.165) is 24.2 Å². The highest BCUT2D eigenvalue weighted by atomic mass is 16.5. The fourth-order valence-corrected chi connectivity index (χ4v) is 2.59. The minimum Gasteiger partial charge on any atom is -0.497 e. The second-order valence-electron chi connectivity index (χ2n) is 4.86. The molecule has 1 N–H and O–H groups in total. The summed E-state index contributed by atoms with van der Waals surface area (Å²) in [5.74, 6) is 1.48. The van der Waals surface area contributed by atoms with Crippen LogP contribution in [0.25, 0.3) is 0 Å². The molecule has 1 saturated carbocycles. The van der Waals surface area contributed by atoms with E-state index in [-0.39, 0.29) is 18.2 Å². The van der Waals surface area contributed by atoms with Crippen LogP contribution >= 0.6 is 0 Å². The normalized spacial score (nSPS) is 30.3. The predicted molar refractivity (Wildman–Crippen MR) is 68.0 cm³/mol. The van der Waals surface area contributed by atoms with E-state index in [1.54, 1.807) is 7.11 Å². The molecule has 1 aliphatic carbocycles. The molecule has 3 rings (SSSR count). The molecule has 4 heteroatoms. The van der Waals surface area contributed by atoms with Crippen molar-refractivity contribution >= 4 is 5.90 Å². The molecule has 0 spiro atoms. The lowest BCUT2D eigenvalue weighted by atomic mass is 9.91. The van der Waals surface area contributed by atoms with Gasteiger partial charge in [-0.05, 0) is 31.0 Å². The Bertz CT molecular complexity index is 472.